The van der Waals surface area contributed by atoms with Gasteiger partial charge in [0.05, 0.1) is 0 Å². The Morgan fingerprint density at radius 2 is 1.65 bits per heavy atom. The van der Waals surface area contributed by atoms with Crippen LogP contribution in [0.25, 0.3) is 0 Å². The van der Waals surface area contributed by atoms with Crippen molar-refractivity contribution in [3.63, 3.8) is 0 Å². The van der Waals surface area contributed by atoms with Crippen LogP contribution in [0.5, 0.6) is 0 Å². The SMILES string of the molecule is CC(C)=CC(=O)NCCNC(=O)OC(C)(C)C. The molecule has 0 aromatic carbocycles. The molecule has 0 atom stereocenters. The number of carbonyl (C=O) groups is 2. The van der Waals surface area contributed by atoms with Gasteiger partial charge in [0.15, 0.2) is 0 Å². The van der Waals surface area contributed by atoms with E-state index in [9.17, 15) is 9.59 Å². The minimum absolute atomic E-state index is 0.156. The van der Waals surface area contributed by atoms with E-state index >= 15 is 0 Å². The number of amides is 2. The van der Waals surface area contributed by atoms with E-state index in [1.54, 1.807) is 20.8 Å². The largest absolute Gasteiger partial charge is 0.444 e. The molecule has 0 aliphatic carbocycles. The lowest BCUT2D eigenvalue weighted by Gasteiger charge is -2.19. The van der Waals surface area contributed by atoms with Crippen molar-refractivity contribution in [2.75, 3.05) is 13.1 Å². The first-order valence-electron chi connectivity index (χ1n) is 5.60. The van der Waals surface area contributed by atoms with Crippen LogP contribution in [0.3, 0.4) is 0 Å². The van der Waals surface area contributed by atoms with Gasteiger partial charge in [-0.3, -0.25) is 4.79 Å². The molecule has 5 nitrogen and oxygen atoms in total. The molecule has 2 N–H and O–H groups in total. The van der Waals surface area contributed by atoms with Gasteiger partial charge in [0.2, 0.25) is 5.91 Å². The van der Waals surface area contributed by atoms with Crippen LogP contribution >= 0.6 is 0 Å². The molecule has 0 saturated heterocycles. The molecule has 0 aliphatic heterocycles. The minimum Gasteiger partial charge on any atom is -0.444 e. The normalized spacial score (nSPS) is 10.4. The number of rotatable bonds is 4. The summed E-state index contributed by atoms with van der Waals surface area (Å²) in [5, 5.41) is 5.20. The molecule has 0 aromatic rings. The maximum atomic E-state index is 11.2. The fraction of sp³-hybridized carbons (Fsp3) is 0.667. The predicted octanol–water partition coefficient (Wildman–Crippen LogP) is 1.59. The Labute approximate surface area is 103 Å². The van der Waals surface area contributed by atoms with E-state index in [1.165, 1.54) is 6.08 Å². The molecule has 0 saturated carbocycles. The number of ether oxygens (including phenoxy) is 1. The van der Waals surface area contributed by atoms with Crippen molar-refractivity contribution in [3.05, 3.63) is 11.6 Å². The molecule has 0 bridgehead atoms. The summed E-state index contributed by atoms with van der Waals surface area (Å²) in [6.45, 7) is 9.80. The molecule has 0 rings (SSSR count). The van der Waals surface area contributed by atoms with Gasteiger partial charge in [-0.2, -0.15) is 0 Å². The Kier molecular flexibility index (Phi) is 6.31. The molecular weight excluding hydrogens is 220 g/mol. The highest BCUT2D eigenvalue weighted by molar-refractivity contribution is 5.88. The topological polar surface area (TPSA) is 67.4 Å². The third-order valence-electron chi connectivity index (χ3n) is 1.51. The van der Waals surface area contributed by atoms with Crippen molar-refractivity contribution < 1.29 is 14.3 Å². The standard InChI is InChI=1S/C12H22N2O3/c1-9(2)8-10(15)13-6-7-14-11(16)17-12(3,4)5/h8H,6-7H2,1-5H3,(H,13,15)(H,14,16). The zero-order valence-corrected chi connectivity index (χ0v) is 11.2. The Bertz CT molecular complexity index is 299. The average molecular weight is 242 g/mol. The van der Waals surface area contributed by atoms with Crippen LogP contribution in [0.2, 0.25) is 0 Å². The summed E-state index contributed by atoms with van der Waals surface area (Å²) in [5.41, 5.74) is 0.428. The van der Waals surface area contributed by atoms with Crippen LogP contribution in [0.15, 0.2) is 11.6 Å². The third-order valence-corrected chi connectivity index (χ3v) is 1.51. The van der Waals surface area contributed by atoms with Crippen LogP contribution in [0, 0.1) is 0 Å². The number of nitrogens with one attached hydrogen (secondary N) is 2. The van der Waals surface area contributed by atoms with Gasteiger partial charge in [-0.15, -0.1) is 0 Å². The lowest BCUT2D eigenvalue weighted by Crippen LogP contribution is -2.37. The lowest BCUT2D eigenvalue weighted by atomic mass is 10.2. The molecule has 0 spiro atoms. The van der Waals surface area contributed by atoms with Gasteiger partial charge >= 0.3 is 6.09 Å². The maximum absolute atomic E-state index is 11.2. The Morgan fingerprint density at radius 3 is 2.12 bits per heavy atom. The monoisotopic (exact) mass is 242 g/mol. The van der Waals surface area contributed by atoms with Crippen LogP contribution in [0.1, 0.15) is 34.6 Å². The van der Waals surface area contributed by atoms with Crippen molar-refractivity contribution in [3.8, 4) is 0 Å². The van der Waals surface area contributed by atoms with E-state index < -0.39 is 11.7 Å². The molecule has 17 heavy (non-hydrogen) atoms. The summed E-state index contributed by atoms with van der Waals surface area (Å²) in [6, 6.07) is 0. The smallest absolute Gasteiger partial charge is 0.407 e. The number of alkyl carbamates (subject to hydrolysis) is 1. The third kappa shape index (κ3) is 10.8. The average Bonchev–Trinajstić information content (AvgIpc) is 2.08. The van der Waals surface area contributed by atoms with Crippen molar-refractivity contribution in [2.24, 2.45) is 0 Å². The Hall–Kier alpha value is -1.52. The van der Waals surface area contributed by atoms with Gasteiger partial charge in [0, 0.05) is 19.2 Å². The predicted molar refractivity (Wildman–Crippen MR) is 66.7 cm³/mol. The molecule has 0 fully saturated rings. The molecule has 98 valence electrons. The minimum atomic E-state index is -0.505. The molecule has 0 aliphatic rings. The first kappa shape index (κ1) is 15.5. The van der Waals surface area contributed by atoms with Crippen LogP contribution < -0.4 is 10.6 Å². The second-order valence-electron chi connectivity index (χ2n) is 4.94. The quantitative estimate of drug-likeness (QED) is 0.581. The molecule has 0 unspecified atom stereocenters. The van der Waals surface area contributed by atoms with Crippen molar-refractivity contribution >= 4 is 12.0 Å². The van der Waals surface area contributed by atoms with Gasteiger partial charge in [0.25, 0.3) is 0 Å². The van der Waals surface area contributed by atoms with E-state index in [0.29, 0.717) is 13.1 Å². The summed E-state index contributed by atoms with van der Waals surface area (Å²) in [4.78, 5) is 22.4. The lowest BCUT2D eigenvalue weighted by molar-refractivity contribution is -0.116. The van der Waals surface area contributed by atoms with Gasteiger partial charge in [-0.25, -0.2) is 4.79 Å². The molecular formula is C12H22N2O3. The zero-order chi connectivity index (χ0) is 13.5. The van der Waals surface area contributed by atoms with E-state index in [1.807, 2.05) is 13.8 Å². The number of hydrogen-bond donors (Lipinski definition) is 2. The Balaban J connectivity index is 3.69. The van der Waals surface area contributed by atoms with E-state index in [2.05, 4.69) is 10.6 Å². The van der Waals surface area contributed by atoms with Crippen LogP contribution in [-0.2, 0) is 9.53 Å². The fourth-order valence-electron chi connectivity index (χ4n) is 0.978. The van der Waals surface area contributed by atoms with E-state index in [0.717, 1.165) is 5.57 Å². The van der Waals surface area contributed by atoms with E-state index in [-0.39, 0.29) is 5.91 Å². The molecule has 0 aromatic heterocycles. The molecule has 0 heterocycles. The number of allylic oxidation sites excluding steroid dienone is 1. The van der Waals surface area contributed by atoms with Crippen LogP contribution in [0.4, 0.5) is 4.79 Å². The molecule has 0 radical (unpaired) electrons. The van der Waals surface area contributed by atoms with Gasteiger partial charge in [0.1, 0.15) is 5.60 Å². The summed E-state index contributed by atoms with van der Waals surface area (Å²) in [7, 11) is 0. The van der Waals surface area contributed by atoms with Crippen molar-refractivity contribution in [1.29, 1.82) is 0 Å². The maximum Gasteiger partial charge on any atom is 0.407 e. The fourth-order valence-corrected chi connectivity index (χ4v) is 0.978. The first-order chi connectivity index (χ1) is 7.70. The van der Waals surface area contributed by atoms with Crippen LogP contribution in [-0.4, -0.2) is 30.7 Å². The van der Waals surface area contributed by atoms with Gasteiger partial charge < -0.3 is 15.4 Å². The summed E-state index contributed by atoms with van der Waals surface area (Å²) < 4.78 is 5.03. The number of carbonyl (C=O) groups excluding carboxylic acids is 2. The summed E-state index contributed by atoms with van der Waals surface area (Å²) in [5.74, 6) is -0.156. The highest BCUT2D eigenvalue weighted by atomic mass is 16.6. The summed E-state index contributed by atoms with van der Waals surface area (Å²) in [6.07, 6.45) is 1.03. The molecule has 2 amide bonds. The first-order valence-corrected chi connectivity index (χ1v) is 5.60. The van der Waals surface area contributed by atoms with Crippen molar-refractivity contribution in [2.45, 2.75) is 40.2 Å². The highest BCUT2D eigenvalue weighted by Gasteiger charge is 2.15. The number of hydrogen-bond acceptors (Lipinski definition) is 3. The zero-order valence-electron chi connectivity index (χ0n) is 11.2. The Morgan fingerprint density at radius 1 is 1.12 bits per heavy atom. The molecule has 5 heteroatoms. The van der Waals surface area contributed by atoms with Gasteiger partial charge in [-0.05, 0) is 34.6 Å². The van der Waals surface area contributed by atoms with E-state index in [4.69, 9.17) is 4.74 Å². The second-order valence-corrected chi connectivity index (χ2v) is 4.94. The highest BCUT2D eigenvalue weighted by Crippen LogP contribution is 2.05. The summed E-state index contributed by atoms with van der Waals surface area (Å²) >= 11 is 0. The second kappa shape index (κ2) is 6.93. The van der Waals surface area contributed by atoms with Gasteiger partial charge in [-0.1, -0.05) is 5.57 Å². The van der Waals surface area contributed by atoms with Crippen molar-refractivity contribution in [1.82, 2.24) is 10.6 Å².